The SMILES string of the molecule is CC(CCc1ccco1)Nc1cnc2ccccc2n1. The Labute approximate surface area is 117 Å². The summed E-state index contributed by atoms with van der Waals surface area (Å²) in [6, 6.07) is 12.1. The van der Waals surface area contributed by atoms with Gasteiger partial charge in [-0.3, -0.25) is 4.98 Å². The highest BCUT2D eigenvalue weighted by Gasteiger charge is 2.06. The Kier molecular flexibility index (Phi) is 3.63. The highest BCUT2D eigenvalue weighted by atomic mass is 16.3. The van der Waals surface area contributed by atoms with Crippen LogP contribution in [0.25, 0.3) is 11.0 Å². The maximum atomic E-state index is 5.34. The zero-order chi connectivity index (χ0) is 13.8. The van der Waals surface area contributed by atoms with E-state index in [4.69, 9.17) is 4.42 Å². The number of para-hydroxylation sites is 2. The molecular formula is C16H17N3O. The Hall–Kier alpha value is -2.36. The third-order valence-corrected chi connectivity index (χ3v) is 3.25. The van der Waals surface area contributed by atoms with Crippen LogP contribution in [0.2, 0.25) is 0 Å². The van der Waals surface area contributed by atoms with Crippen LogP contribution in [0, 0.1) is 0 Å². The molecule has 102 valence electrons. The molecule has 1 N–H and O–H groups in total. The van der Waals surface area contributed by atoms with E-state index in [2.05, 4.69) is 22.2 Å². The number of rotatable bonds is 5. The van der Waals surface area contributed by atoms with Crippen LogP contribution >= 0.6 is 0 Å². The minimum absolute atomic E-state index is 0.315. The average Bonchev–Trinajstić information content (AvgIpc) is 2.98. The molecule has 20 heavy (non-hydrogen) atoms. The Morgan fingerprint density at radius 1 is 1.15 bits per heavy atom. The fourth-order valence-corrected chi connectivity index (χ4v) is 2.16. The van der Waals surface area contributed by atoms with Crippen molar-refractivity contribution >= 4 is 16.9 Å². The first-order chi connectivity index (χ1) is 9.81. The van der Waals surface area contributed by atoms with Gasteiger partial charge in [0, 0.05) is 12.5 Å². The van der Waals surface area contributed by atoms with Crippen molar-refractivity contribution in [3.8, 4) is 0 Å². The van der Waals surface area contributed by atoms with Gasteiger partial charge in [-0.1, -0.05) is 12.1 Å². The molecule has 0 radical (unpaired) electrons. The number of fused-ring (bicyclic) bond motifs is 1. The standard InChI is InChI=1S/C16H17N3O/c1-12(8-9-13-5-4-10-20-13)18-16-11-17-14-6-2-3-7-15(14)19-16/h2-7,10-12H,8-9H2,1H3,(H,18,19). The van der Waals surface area contributed by atoms with Crippen LogP contribution in [-0.4, -0.2) is 16.0 Å². The Balaban J connectivity index is 1.63. The minimum Gasteiger partial charge on any atom is -0.469 e. The lowest BCUT2D eigenvalue weighted by Gasteiger charge is -2.13. The summed E-state index contributed by atoms with van der Waals surface area (Å²) in [5.41, 5.74) is 1.83. The molecule has 0 aliphatic heterocycles. The number of aryl methyl sites for hydroxylation is 1. The second kappa shape index (κ2) is 5.74. The largest absolute Gasteiger partial charge is 0.469 e. The summed E-state index contributed by atoms with van der Waals surface area (Å²) in [4.78, 5) is 8.96. The number of aromatic nitrogens is 2. The van der Waals surface area contributed by atoms with E-state index >= 15 is 0 Å². The maximum absolute atomic E-state index is 5.34. The first-order valence-electron chi connectivity index (χ1n) is 6.82. The summed E-state index contributed by atoms with van der Waals surface area (Å²) in [7, 11) is 0. The third kappa shape index (κ3) is 2.96. The number of nitrogens with zero attached hydrogens (tertiary/aromatic N) is 2. The topological polar surface area (TPSA) is 51.0 Å². The van der Waals surface area contributed by atoms with Crippen molar-refractivity contribution in [2.24, 2.45) is 0 Å². The van der Waals surface area contributed by atoms with Gasteiger partial charge in [-0.25, -0.2) is 4.98 Å². The Morgan fingerprint density at radius 2 is 2.00 bits per heavy atom. The summed E-state index contributed by atoms with van der Waals surface area (Å²) in [5.74, 6) is 1.83. The van der Waals surface area contributed by atoms with Crippen LogP contribution in [0.3, 0.4) is 0 Å². The van der Waals surface area contributed by atoms with Crippen molar-refractivity contribution in [1.82, 2.24) is 9.97 Å². The highest BCUT2D eigenvalue weighted by Crippen LogP contribution is 2.13. The van der Waals surface area contributed by atoms with Crippen molar-refractivity contribution in [3.05, 3.63) is 54.6 Å². The van der Waals surface area contributed by atoms with Gasteiger partial charge in [0.25, 0.3) is 0 Å². The average molecular weight is 267 g/mol. The van der Waals surface area contributed by atoms with Gasteiger partial charge >= 0.3 is 0 Å². The summed E-state index contributed by atoms with van der Waals surface area (Å²) in [6.07, 6.45) is 5.40. The highest BCUT2D eigenvalue weighted by molar-refractivity contribution is 5.75. The van der Waals surface area contributed by atoms with Crippen molar-refractivity contribution in [1.29, 1.82) is 0 Å². The third-order valence-electron chi connectivity index (χ3n) is 3.25. The van der Waals surface area contributed by atoms with E-state index in [0.717, 1.165) is 35.5 Å². The first-order valence-corrected chi connectivity index (χ1v) is 6.82. The molecule has 2 aromatic heterocycles. The Bertz CT molecular complexity index is 679. The van der Waals surface area contributed by atoms with E-state index in [1.54, 1.807) is 12.5 Å². The first kappa shape index (κ1) is 12.7. The molecule has 0 amide bonds. The van der Waals surface area contributed by atoms with Gasteiger partial charge in [-0.15, -0.1) is 0 Å². The number of hydrogen-bond acceptors (Lipinski definition) is 4. The summed E-state index contributed by atoms with van der Waals surface area (Å²) in [6.45, 7) is 2.14. The molecule has 0 spiro atoms. The lowest BCUT2D eigenvalue weighted by atomic mass is 10.1. The molecule has 3 aromatic rings. The van der Waals surface area contributed by atoms with Gasteiger partial charge in [0.1, 0.15) is 11.6 Å². The quantitative estimate of drug-likeness (QED) is 0.766. The maximum Gasteiger partial charge on any atom is 0.145 e. The van der Waals surface area contributed by atoms with Crippen molar-refractivity contribution in [3.63, 3.8) is 0 Å². The van der Waals surface area contributed by atoms with Gasteiger partial charge in [0.05, 0.1) is 23.5 Å². The molecule has 0 aliphatic carbocycles. The molecule has 4 nitrogen and oxygen atoms in total. The monoisotopic (exact) mass is 267 g/mol. The molecule has 2 heterocycles. The molecule has 3 rings (SSSR count). The van der Waals surface area contributed by atoms with Crippen molar-refractivity contribution < 1.29 is 4.42 Å². The van der Waals surface area contributed by atoms with Gasteiger partial charge in [-0.05, 0) is 37.6 Å². The van der Waals surface area contributed by atoms with Crippen LogP contribution in [0.1, 0.15) is 19.1 Å². The van der Waals surface area contributed by atoms with E-state index in [0.29, 0.717) is 6.04 Å². The number of benzene rings is 1. The molecule has 0 saturated carbocycles. The summed E-state index contributed by atoms with van der Waals surface area (Å²) < 4.78 is 5.34. The minimum atomic E-state index is 0.315. The van der Waals surface area contributed by atoms with E-state index in [1.165, 1.54) is 0 Å². The predicted octanol–water partition coefficient (Wildman–Crippen LogP) is 3.66. The number of furan rings is 1. The zero-order valence-corrected chi connectivity index (χ0v) is 11.4. The fraction of sp³-hybridized carbons (Fsp3) is 0.250. The molecule has 4 heteroatoms. The smallest absolute Gasteiger partial charge is 0.145 e. The van der Waals surface area contributed by atoms with Gasteiger partial charge in [0.2, 0.25) is 0 Å². The van der Waals surface area contributed by atoms with Crippen LogP contribution in [0.5, 0.6) is 0 Å². The molecule has 0 bridgehead atoms. The second-order valence-corrected chi connectivity index (χ2v) is 4.91. The van der Waals surface area contributed by atoms with Gasteiger partial charge < -0.3 is 9.73 Å². The van der Waals surface area contributed by atoms with E-state index < -0.39 is 0 Å². The molecule has 0 aliphatic rings. The van der Waals surface area contributed by atoms with Crippen LogP contribution in [0.15, 0.2) is 53.3 Å². The predicted molar refractivity (Wildman–Crippen MR) is 79.7 cm³/mol. The zero-order valence-electron chi connectivity index (χ0n) is 11.4. The van der Waals surface area contributed by atoms with Crippen LogP contribution in [-0.2, 0) is 6.42 Å². The van der Waals surface area contributed by atoms with Gasteiger partial charge in [0.15, 0.2) is 0 Å². The lowest BCUT2D eigenvalue weighted by Crippen LogP contribution is -2.17. The second-order valence-electron chi connectivity index (χ2n) is 4.91. The number of nitrogens with one attached hydrogen (secondary N) is 1. The van der Waals surface area contributed by atoms with E-state index in [1.807, 2.05) is 36.4 Å². The molecular weight excluding hydrogens is 250 g/mol. The lowest BCUT2D eigenvalue weighted by molar-refractivity contribution is 0.495. The number of hydrogen-bond donors (Lipinski definition) is 1. The van der Waals surface area contributed by atoms with Crippen molar-refractivity contribution in [2.75, 3.05) is 5.32 Å². The number of anilines is 1. The van der Waals surface area contributed by atoms with Gasteiger partial charge in [-0.2, -0.15) is 0 Å². The van der Waals surface area contributed by atoms with Crippen LogP contribution in [0.4, 0.5) is 5.82 Å². The van der Waals surface area contributed by atoms with E-state index in [9.17, 15) is 0 Å². The molecule has 0 fully saturated rings. The molecule has 1 unspecified atom stereocenters. The fourth-order valence-electron chi connectivity index (χ4n) is 2.16. The molecule has 1 atom stereocenters. The normalized spacial score (nSPS) is 12.4. The molecule has 0 saturated heterocycles. The van der Waals surface area contributed by atoms with E-state index in [-0.39, 0.29) is 0 Å². The van der Waals surface area contributed by atoms with Crippen LogP contribution < -0.4 is 5.32 Å². The molecule has 1 aromatic carbocycles. The summed E-state index contributed by atoms with van der Waals surface area (Å²) in [5, 5.41) is 3.38. The van der Waals surface area contributed by atoms with Crippen molar-refractivity contribution in [2.45, 2.75) is 25.8 Å². The Morgan fingerprint density at radius 3 is 2.80 bits per heavy atom. The summed E-state index contributed by atoms with van der Waals surface area (Å²) >= 11 is 0.